The van der Waals surface area contributed by atoms with Crippen molar-refractivity contribution in [3.63, 3.8) is 0 Å². The molecule has 0 rings (SSSR count). The van der Waals surface area contributed by atoms with Gasteiger partial charge in [-0.3, -0.25) is 4.79 Å². The van der Waals surface area contributed by atoms with Crippen LogP contribution in [-0.2, 0) is 9.53 Å². The average molecular weight is 232 g/mol. The summed E-state index contributed by atoms with van der Waals surface area (Å²) in [5.74, 6) is -1.05. The summed E-state index contributed by atoms with van der Waals surface area (Å²) in [6.45, 7) is 2.93. The van der Waals surface area contributed by atoms with Crippen LogP contribution in [0, 0.1) is 0 Å². The second-order valence-electron chi connectivity index (χ2n) is 2.96. The van der Waals surface area contributed by atoms with Crippen LogP contribution in [0.3, 0.4) is 0 Å². The van der Waals surface area contributed by atoms with Crippen molar-refractivity contribution in [3.8, 4) is 0 Å². The third-order valence-corrected chi connectivity index (χ3v) is 2.06. The maximum Gasteiger partial charge on any atom is 0.304 e. The number of rotatable bonds is 5. The van der Waals surface area contributed by atoms with Crippen LogP contribution in [0.4, 0.5) is 17.9 Å². The lowest BCUT2D eigenvalue weighted by Crippen LogP contribution is -2.55. The quantitative estimate of drug-likeness (QED) is 0.315. The van der Waals surface area contributed by atoms with Gasteiger partial charge in [-0.1, -0.05) is 15.9 Å². The summed E-state index contributed by atoms with van der Waals surface area (Å²) in [6, 6.07) is -1.94. The summed E-state index contributed by atoms with van der Waals surface area (Å²) in [5.41, 5.74) is -2.63. The lowest BCUT2D eigenvalue weighted by molar-refractivity contribution is -0.359. The molecule has 0 aliphatic carbocycles. The second kappa shape index (κ2) is 5.26. The normalized spacial score (nSPS) is 17.7. The molecule has 4 nitrogen and oxygen atoms in total. The standard InChI is InChI=1S/C7H12F4N2O2/c1-4-7(13(10)11,15-6(3)14)5(2)12(8)9/h5H,4H2,1-3H3. The Labute approximate surface area is 84.1 Å². The van der Waals surface area contributed by atoms with E-state index in [2.05, 4.69) is 4.74 Å². The van der Waals surface area contributed by atoms with Gasteiger partial charge in [0.1, 0.15) is 6.04 Å². The van der Waals surface area contributed by atoms with E-state index in [1.54, 1.807) is 0 Å². The van der Waals surface area contributed by atoms with Gasteiger partial charge in [0, 0.05) is 18.7 Å². The van der Waals surface area contributed by atoms with E-state index in [0.29, 0.717) is 0 Å². The maximum absolute atomic E-state index is 12.5. The van der Waals surface area contributed by atoms with Crippen molar-refractivity contribution < 1.29 is 27.5 Å². The number of esters is 1. The van der Waals surface area contributed by atoms with E-state index in [9.17, 15) is 22.7 Å². The predicted molar refractivity (Wildman–Crippen MR) is 42.4 cm³/mol. The van der Waals surface area contributed by atoms with Gasteiger partial charge in [-0.2, -0.15) is 0 Å². The number of hydrogen-bond donors (Lipinski definition) is 0. The molecule has 0 saturated heterocycles. The molecule has 0 N–H and O–H groups in total. The summed E-state index contributed by atoms with van der Waals surface area (Å²) in [7, 11) is 0. The molecule has 0 aliphatic rings. The molecule has 0 bridgehead atoms. The first-order valence-corrected chi connectivity index (χ1v) is 4.20. The van der Waals surface area contributed by atoms with Crippen molar-refractivity contribution in [2.75, 3.05) is 0 Å². The highest BCUT2D eigenvalue weighted by Gasteiger charge is 2.50. The van der Waals surface area contributed by atoms with Gasteiger partial charge in [0.25, 0.3) is 0 Å². The van der Waals surface area contributed by atoms with Crippen molar-refractivity contribution in [3.05, 3.63) is 0 Å². The molecule has 90 valence electrons. The molecule has 0 saturated carbocycles. The number of hydrogen-bond acceptors (Lipinski definition) is 4. The summed E-state index contributed by atoms with van der Waals surface area (Å²) in [6.07, 6.45) is -0.467. The lowest BCUT2D eigenvalue weighted by atomic mass is 10.0. The topological polar surface area (TPSA) is 32.8 Å². The van der Waals surface area contributed by atoms with Crippen LogP contribution < -0.4 is 0 Å². The van der Waals surface area contributed by atoms with Gasteiger partial charge in [-0.15, -0.1) is 8.96 Å². The molecule has 0 radical (unpaired) electrons. The largest absolute Gasteiger partial charge is 0.437 e. The Morgan fingerprint density at radius 2 is 1.87 bits per heavy atom. The minimum Gasteiger partial charge on any atom is -0.437 e. The van der Waals surface area contributed by atoms with Gasteiger partial charge in [-0.25, -0.2) is 0 Å². The lowest BCUT2D eigenvalue weighted by Gasteiger charge is -2.35. The summed E-state index contributed by atoms with van der Waals surface area (Å²) >= 11 is 0. The number of halogens is 4. The molecule has 2 atom stereocenters. The first kappa shape index (κ1) is 14.1. The second-order valence-corrected chi connectivity index (χ2v) is 2.96. The van der Waals surface area contributed by atoms with Crippen LogP contribution in [0.5, 0.6) is 0 Å². The summed E-state index contributed by atoms with van der Waals surface area (Å²) in [5, 5.41) is -2.93. The average Bonchev–Trinajstić information content (AvgIpc) is 2.12. The molecule has 0 fully saturated rings. The van der Waals surface area contributed by atoms with Crippen molar-refractivity contribution in [1.82, 2.24) is 10.7 Å². The number of carbonyl (C=O) groups excluding carboxylic acids is 1. The van der Waals surface area contributed by atoms with Gasteiger partial charge < -0.3 is 4.74 Å². The van der Waals surface area contributed by atoms with Crippen molar-refractivity contribution in [2.24, 2.45) is 0 Å². The Balaban J connectivity index is 5.05. The van der Waals surface area contributed by atoms with Crippen LogP contribution >= 0.6 is 0 Å². The number of carbonyl (C=O) groups is 1. The minimum absolute atomic E-state index is 0.467. The van der Waals surface area contributed by atoms with Crippen LogP contribution in [-0.4, -0.2) is 28.4 Å². The fraction of sp³-hybridized carbons (Fsp3) is 0.857. The highest BCUT2D eigenvalue weighted by molar-refractivity contribution is 5.66. The Morgan fingerprint density at radius 1 is 1.40 bits per heavy atom. The zero-order valence-corrected chi connectivity index (χ0v) is 8.51. The molecule has 0 aromatic rings. The number of nitrogens with zero attached hydrogens (tertiary/aromatic N) is 2. The van der Waals surface area contributed by atoms with Gasteiger partial charge in [-0.05, 0) is 6.92 Å². The van der Waals surface area contributed by atoms with E-state index in [4.69, 9.17) is 0 Å². The van der Waals surface area contributed by atoms with E-state index in [-0.39, 0.29) is 0 Å². The van der Waals surface area contributed by atoms with Crippen molar-refractivity contribution in [2.45, 2.75) is 39.0 Å². The van der Waals surface area contributed by atoms with Crippen LogP contribution in [0.25, 0.3) is 0 Å². The fourth-order valence-corrected chi connectivity index (χ4v) is 1.15. The van der Waals surface area contributed by atoms with Gasteiger partial charge in [0.2, 0.25) is 5.72 Å². The zero-order valence-electron chi connectivity index (χ0n) is 8.51. The van der Waals surface area contributed by atoms with E-state index >= 15 is 0 Å². The third-order valence-electron chi connectivity index (χ3n) is 2.06. The predicted octanol–water partition coefficient (Wildman–Crippen LogP) is 2.19. The third kappa shape index (κ3) is 3.03. The first-order valence-electron chi connectivity index (χ1n) is 4.20. The molecule has 15 heavy (non-hydrogen) atoms. The summed E-state index contributed by atoms with van der Waals surface area (Å²) in [4.78, 5) is 10.6. The van der Waals surface area contributed by atoms with E-state index in [1.807, 2.05) is 0 Å². The van der Waals surface area contributed by atoms with Gasteiger partial charge >= 0.3 is 5.97 Å². The van der Waals surface area contributed by atoms with Crippen LogP contribution in [0.15, 0.2) is 0 Å². The smallest absolute Gasteiger partial charge is 0.304 e. The highest BCUT2D eigenvalue weighted by atomic mass is 19.4. The zero-order chi connectivity index (χ0) is 12.2. The van der Waals surface area contributed by atoms with Gasteiger partial charge in [0.15, 0.2) is 0 Å². The highest BCUT2D eigenvalue weighted by Crippen LogP contribution is 2.30. The Hall–Kier alpha value is -0.890. The molecule has 0 amide bonds. The molecular weight excluding hydrogens is 220 g/mol. The van der Waals surface area contributed by atoms with E-state index in [0.717, 1.165) is 13.8 Å². The van der Waals surface area contributed by atoms with Crippen molar-refractivity contribution >= 4 is 5.97 Å². The maximum atomic E-state index is 12.5. The fourth-order valence-electron chi connectivity index (χ4n) is 1.15. The number of ether oxygens (including phenoxy) is 1. The first-order chi connectivity index (χ1) is 6.77. The summed E-state index contributed by atoms with van der Waals surface area (Å²) < 4.78 is 53.7. The van der Waals surface area contributed by atoms with Crippen molar-refractivity contribution in [1.29, 1.82) is 0 Å². The van der Waals surface area contributed by atoms with Crippen LogP contribution in [0.2, 0.25) is 0 Å². The molecule has 0 heterocycles. The Bertz CT molecular complexity index is 227. The van der Waals surface area contributed by atoms with E-state index in [1.165, 1.54) is 6.92 Å². The Morgan fingerprint density at radius 3 is 2.07 bits per heavy atom. The molecule has 0 spiro atoms. The minimum atomic E-state index is -2.63. The molecule has 8 heteroatoms. The van der Waals surface area contributed by atoms with E-state index < -0.39 is 34.8 Å². The Kier molecular flexibility index (Phi) is 4.95. The SMILES string of the molecule is CCC(OC(C)=O)(C(C)N(F)F)N(F)F. The van der Waals surface area contributed by atoms with Gasteiger partial charge in [0.05, 0.1) is 5.34 Å². The molecule has 0 aliphatic heterocycles. The molecule has 0 aromatic carbocycles. The monoisotopic (exact) mass is 232 g/mol. The molecular formula is C7H12F4N2O2. The van der Waals surface area contributed by atoms with Crippen LogP contribution in [0.1, 0.15) is 27.2 Å². The molecule has 0 aromatic heterocycles. The molecule has 2 unspecified atom stereocenters.